The Morgan fingerprint density at radius 2 is 2.00 bits per heavy atom. The molecule has 25 heavy (non-hydrogen) atoms. The molecule has 7 heteroatoms. The summed E-state index contributed by atoms with van der Waals surface area (Å²) in [5.74, 6) is 0.387. The Kier molecular flexibility index (Phi) is 5.15. The van der Waals surface area contributed by atoms with Crippen LogP contribution >= 0.6 is 11.3 Å². The van der Waals surface area contributed by atoms with E-state index in [-0.39, 0.29) is 12.3 Å². The number of hydrogen-bond donors (Lipinski definition) is 3. The van der Waals surface area contributed by atoms with Crippen LogP contribution in [-0.2, 0) is 6.54 Å². The third-order valence-corrected chi connectivity index (χ3v) is 4.49. The van der Waals surface area contributed by atoms with Crippen LogP contribution in [0.4, 0.5) is 9.93 Å². The summed E-state index contributed by atoms with van der Waals surface area (Å²) < 4.78 is 5.05. The van der Waals surface area contributed by atoms with E-state index in [1.54, 1.807) is 24.4 Å². The molecule has 0 saturated carbocycles. The van der Waals surface area contributed by atoms with Gasteiger partial charge in [0.25, 0.3) is 0 Å². The lowest BCUT2D eigenvalue weighted by atomic mass is 10.2. The third kappa shape index (κ3) is 4.07. The molecule has 0 aliphatic heterocycles. The molecule has 0 bridgehead atoms. The summed E-state index contributed by atoms with van der Waals surface area (Å²) in [6, 6.07) is 14.6. The number of urea groups is 1. The molecule has 1 heterocycles. The average molecular weight is 355 g/mol. The predicted octanol–water partition coefficient (Wildman–Crippen LogP) is 3.85. The van der Waals surface area contributed by atoms with Gasteiger partial charge in [-0.15, -0.1) is 0 Å². The molecule has 0 fully saturated rings. The van der Waals surface area contributed by atoms with Crippen LogP contribution in [0, 0.1) is 0 Å². The molecule has 2 amide bonds. The van der Waals surface area contributed by atoms with E-state index < -0.39 is 6.03 Å². The number of methoxy groups -OCH3 is 1. The highest BCUT2D eigenvalue weighted by Crippen LogP contribution is 2.30. The van der Waals surface area contributed by atoms with Crippen LogP contribution in [0.1, 0.15) is 5.56 Å². The number of thiazole rings is 1. The summed E-state index contributed by atoms with van der Waals surface area (Å²) in [6.45, 7) is 0.172. The maximum Gasteiger partial charge on any atom is 0.321 e. The second-order valence-corrected chi connectivity index (χ2v) is 6.20. The van der Waals surface area contributed by atoms with E-state index in [4.69, 9.17) is 4.74 Å². The number of amides is 2. The van der Waals surface area contributed by atoms with E-state index in [1.807, 2.05) is 30.3 Å². The summed E-state index contributed by atoms with van der Waals surface area (Å²) in [7, 11) is 1.48. The standard InChI is InChI=1S/C18H17N3O3S/c1-24-14-9-5-8-13(16(14)22)10-19-17(23)21-18-20-11-15(25-18)12-6-3-2-4-7-12/h2-9,11,22H,10H2,1H3,(H2,19,20,21,23). The Balaban J connectivity index is 1.59. The molecule has 0 unspecified atom stereocenters. The van der Waals surface area contributed by atoms with Crippen LogP contribution in [0.5, 0.6) is 11.5 Å². The lowest BCUT2D eigenvalue weighted by Crippen LogP contribution is -2.28. The molecule has 0 atom stereocenters. The van der Waals surface area contributed by atoms with Gasteiger partial charge in [0.1, 0.15) is 0 Å². The highest BCUT2D eigenvalue weighted by molar-refractivity contribution is 7.19. The highest BCUT2D eigenvalue weighted by atomic mass is 32.1. The first-order valence-corrected chi connectivity index (χ1v) is 8.40. The van der Waals surface area contributed by atoms with Crippen molar-refractivity contribution in [3.63, 3.8) is 0 Å². The molecule has 0 radical (unpaired) electrons. The second-order valence-electron chi connectivity index (χ2n) is 5.17. The van der Waals surface area contributed by atoms with Gasteiger partial charge in [-0.25, -0.2) is 9.78 Å². The van der Waals surface area contributed by atoms with Crippen molar-refractivity contribution < 1.29 is 14.6 Å². The first-order valence-electron chi connectivity index (χ1n) is 7.58. The number of aromatic hydroxyl groups is 1. The van der Waals surface area contributed by atoms with Gasteiger partial charge in [-0.3, -0.25) is 5.32 Å². The number of para-hydroxylation sites is 1. The van der Waals surface area contributed by atoms with Crippen molar-refractivity contribution in [2.45, 2.75) is 6.54 Å². The maximum absolute atomic E-state index is 12.0. The number of aromatic nitrogens is 1. The van der Waals surface area contributed by atoms with Crippen LogP contribution < -0.4 is 15.4 Å². The molecule has 0 saturated heterocycles. The Bertz CT molecular complexity index is 865. The lowest BCUT2D eigenvalue weighted by molar-refractivity contribution is 0.251. The number of ether oxygens (including phenoxy) is 1. The van der Waals surface area contributed by atoms with Crippen molar-refractivity contribution in [3.8, 4) is 21.9 Å². The van der Waals surface area contributed by atoms with Gasteiger partial charge in [-0.2, -0.15) is 0 Å². The van der Waals surface area contributed by atoms with E-state index in [0.717, 1.165) is 10.4 Å². The fourth-order valence-electron chi connectivity index (χ4n) is 2.26. The Labute approximate surface area is 149 Å². The van der Waals surface area contributed by atoms with Gasteiger partial charge < -0.3 is 15.2 Å². The summed E-state index contributed by atoms with van der Waals surface area (Å²) in [6.07, 6.45) is 1.73. The first kappa shape index (κ1) is 16.8. The largest absolute Gasteiger partial charge is 0.504 e. The monoisotopic (exact) mass is 355 g/mol. The summed E-state index contributed by atoms with van der Waals surface area (Å²) in [5.41, 5.74) is 1.62. The zero-order valence-corrected chi connectivity index (χ0v) is 14.3. The topological polar surface area (TPSA) is 83.5 Å². The van der Waals surface area contributed by atoms with Gasteiger partial charge in [0.2, 0.25) is 0 Å². The number of rotatable bonds is 5. The Morgan fingerprint density at radius 3 is 2.76 bits per heavy atom. The summed E-state index contributed by atoms with van der Waals surface area (Å²) in [4.78, 5) is 17.2. The van der Waals surface area contributed by atoms with E-state index >= 15 is 0 Å². The van der Waals surface area contributed by atoms with E-state index in [0.29, 0.717) is 16.4 Å². The van der Waals surface area contributed by atoms with Crippen LogP contribution in [0.2, 0.25) is 0 Å². The Morgan fingerprint density at radius 1 is 1.20 bits per heavy atom. The molecule has 1 aromatic heterocycles. The number of hydrogen-bond acceptors (Lipinski definition) is 5. The van der Waals surface area contributed by atoms with Gasteiger partial charge in [0, 0.05) is 18.3 Å². The SMILES string of the molecule is COc1cccc(CNC(=O)Nc2ncc(-c3ccccc3)s2)c1O. The van der Waals surface area contributed by atoms with Gasteiger partial charge >= 0.3 is 6.03 Å². The normalized spacial score (nSPS) is 10.3. The van der Waals surface area contributed by atoms with Crippen molar-refractivity contribution in [1.29, 1.82) is 0 Å². The van der Waals surface area contributed by atoms with E-state index in [1.165, 1.54) is 18.4 Å². The number of carbonyl (C=O) groups is 1. The minimum atomic E-state index is -0.392. The van der Waals surface area contributed by atoms with Crippen LogP contribution in [0.3, 0.4) is 0 Å². The number of anilines is 1. The predicted molar refractivity (Wildman–Crippen MR) is 98.1 cm³/mol. The highest BCUT2D eigenvalue weighted by Gasteiger charge is 2.10. The molecule has 3 N–H and O–H groups in total. The van der Waals surface area contributed by atoms with Gasteiger partial charge in [-0.05, 0) is 11.6 Å². The minimum Gasteiger partial charge on any atom is -0.504 e. The first-order chi connectivity index (χ1) is 12.2. The van der Waals surface area contributed by atoms with Crippen molar-refractivity contribution >= 4 is 22.5 Å². The number of phenolic OH excluding ortho intramolecular Hbond substituents is 1. The fourth-order valence-corrected chi connectivity index (χ4v) is 3.08. The fraction of sp³-hybridized carbons (Fsp3) is 0.111. The number of nitrogens with zero attached hydrogens (tertiary/aromatic N) is 1. The molecular formula is C18H17N3O3S. The second kappa shape index (κ2) is 7.67. The minimum absolute atomic E-state index is 0.0194. The smallest absolute Gasteiger partial charge is 0.321 e. The van der Waals surface area contributed by atoms with Crippen LogP contribution in [0.15, 0.2) is 54.7 Å². The lowest BCUT2D eigenvalue weighted by Gasteiger charge is -2.09. The molecular weight excluding hydrogens is 338 g/mol. The molecule has 0 spiro atoms. The van der Waals surface area contributed by atoms with Crippen molar-refractivity contribution in [2.75, 3.05) is 12.4 Å². The van der Waals surface area contributed by atoms with E-state index in [2.05, 4.69) is 15.6 Å². The molecule has 3 rings (SSSR count). The summed E-state index contributed by atoms with van der Waals surface area (Å²) in [5, 5.41) is 15.9. The zero-order chi connectivity index (χ0) is 17.6. The quantitative estimate of drug-likeness (QED) is 0.649. The van der Waals surface area contributed by atoms with Crippen LogP contribution in [0.25, 0.3) is 10.4 Å². The zero-order valence-electron chi connectivity index (χ0n) is 13.5. The number of carbonyl (C=O) groups excluding carboxylic acids is 1. The molecule has 128 valence electrons. The Hall–Kier alpha value is -3.06. The van der Waals surface area contributed by atoms with Crippen molar-refractivity contribution in [3.05, 3.63) is 60.3 Å². The number of phenols is 1. The van der Waals surface area contributed by atoms with Gasteiger partial charge in [-0.1, -0.05) is 53.8 Å². The average Bonchev–Trinajstić information content (AvgIpc) is 3.10. The molecule has 2 aromatic carbocycles. The van der Waals surface area contributed by atoms with Crippen molar-refractivity contribution in [2.24, 2.45) is 0 Å². The molecule has 6 nitrogen and oxygen atoms in total. The van der Waals surface area contributed by atoms with Gasteiger partial charge in [0.15, 0.2) is 16.6 Å². The summed E-state index contributed by atoms with van der Waals surface area (Å²) >= 11 is 1.39. The maximum atomic E-state index is 12.0. The number of nitrogens with one attached hydrogen (secondary N) is 2. The molecule has 0 aliphatic rings. The molecule has 0 aliphatic carbocycles. The van der Waals surface area contributed by atoms with Crippen LogP contribution in [-0.4, -0.2) is 23.2 Å². The van der Waals surface area contributed by atoms with E-state index in [9.17, 15) is 9.90 Å². The van der Waals surface area contributed by atoms with Crippen molar-refractivity contribution in [1.82, 2.24) is 10.3 Å². The van der Waals surface area contributed by atoms with Gasteiger partial charge in [0.05, 0.1) is 12.0 Å². The third-order valence-electron chi connectivity index (χ3n) is 3.53. The number of benzene rings is 2. The molecule has 3 aromatic rings.